The smallest absolute Gasteiger partial charge is 0.316 e. The van der Waals surface area contributed by atoms with Gasteiger partial charge in [-0.1, -0.05) is 23.9 Å². The van der Waals surface area contributed by atoms with Crippen LogP contribution in [-0.2, 0) is 34.1 Å². The lowest BCUT2D eigenvalue weighted by molar-refractivity contribution is -0.141. The number of phenols is 1. The number of thioether (sulfide) groups is 1. The van der Waals surface area contributed by atoms with E-state index in [9.17, 15) is 29.7 Å². The quantitative estimate of drug-likeness (QED) is 0.279. The van der Waals surface area contributed by atoms with Gasteiger partial charge in [-0.05, 0) is 55.0 Å². The molecule has 1 aromatic heterocycles. The summed E-state index contributed by atoms with van der Waals surface area (Å²) in [6, 6.07) is 7.63. The third-order valence-electron chi connectivity index (χ3n) is 4.18. The van der Waals surface area contributed by atoms with Crippen molar-refractivity contribution in [3.63, 3.8) is 0 Å². The van der Waals surface area contributed by atoms with Crippen LogP contribution in [-0.4, -0.2) is 42.9 Å². The van der Waals surface area contributed by atoms with Gasteiger partial charge in [0.25, 0.3) is 0 Å². The first kappa shape index (κ1) is 25.0. The lowest BCUT2D eigenvalue weighted by Gasteiger charge is -2.09. The highest BCUT2D eigenvalue weighted by molar-refractivity contribution is 8.14. The molecular formula is C23H23NO7S. The molecule has 0 amide bonds. The van der Waals surface area contributed by atoms with Crippen molar-refractivity contribution in [1.82, 2.24) is 4.98 Å². The molecule has 0 fully saturated rings. The zero-order valence-corrected chi connectivity index (χ0v) is 18.2. The van der Waals surface area contributed by atoms with Gasteiger partial charge >= 0.3 is 5.97 Å². The Morgan fingerprint density at radius 1 is 1.12 bits per heavy atom. The summed E-state index contributed by atoms with van der Waals surface area (Å²) < 4.78 is 5.11. The van der Waals surface area contributed by atoms with Crippen LogP contribution in [0.25, 0.3) is 6.08 Å². The van der Waals surface area contributed by atoms with E-state index in [1.807, 2.05) is 0 Å². The lowest BCUT2D eigenvalue weighted by Crippen LogP contribution is -2.09. The summed E-state index contributed by atoms with van der Waals surface area (Å²) in [5, 5.41) is 28.4. The number of allylic oxidation sites excluding steroid dienone is 2. The van der Waals surface area contributed by atoms with E-state index in [4.69, 9.17) is 4.74 Å². The van der Waals surface area contributed by atoms with Gasteiger partial charge in [0, 0.05) is 11.1 Å². The van der Waals surface area contributed by atoms with E-state index in [0.717, 1.165) is 11.8 Å². The third kappa shape index (κ3) is 7.45. The molecule has 0 spiro atoms. The number of aliphatic hydroxyl groups is 2. The zero-order valence-electron chi connectivity index (χ0n) is 17.4. The van der Waals surface area contributed by atoms with Crippen LogP contribution >= 0.6 is 11.8 Å². The number of esters is 1. The van der Waals surface area contributed by atoms with Crippen LogP contribution in [0.5, 0.6) is 5.75 Å². The Hall–Kier alpha value is -3.27. The summed E-state index contributed by atoms with van der Waals surface area (Å²) in [5.74, 6) is -1.35. The Morgan fingerprint density at radius 2 is 1.91 bits per heavy atom. The van der Waals surface area contributed by atoms with Crippen molar-refractivity contribution in [1.29, 1.82) is 0 Å². The normalized spacial score (nSPS) is 11.2. The van der Waals surface area contributed by atoms with Crippen LogP contribution in [0.15, 0.2) is 48.6 Å². The molecule has 0 aliphatic carbocycles. The molecule has 9 heteroatoms. The SMILES string of the molecule is C/C=C/C(=O)SCC(=O)OCc1cccc(/C=C/C(=O)c2cc(O)c(CO)c(CO)c2)n1. The van der Waals surface area contributed by atoms with E-state index in [-0.39, 0.29) is 39.9 Å². The number of nitrogens with zero attached hydrogens (tertiary/aromatic N) is 1. The summed E-state index contributed by atoms with van der Waals surface area (Å²) in [4.78, 5) is 39.8. The molecule has 0 saturated heterocycles. The highest BCUT2D eigenvalue weighted by Crippen LogP contribution is 2.24. The average molecular weight is 458 g/mol. The molecule has 2 rings (SSSR count). The van der Waals surface area contributed by atoms with E-state index in [2.05, 4.69) is 4.98 Å². The van der Waals surface area contributed by atoms with Crippen molar-refractivity contribution < 1.29 is 34.4 Å². The van der Waals surface area contributed by atoms with Crippen molar-refractivity contribution in [3.05, 3.63) is 76.6 Å². The Morgan fingerprint density at radius 3 is 2.59 bits per heavy atom. The van der Waals surface area contributed by atoms with Gasteiger partial charge < -0.3 is 20.1 Å². The van der Waals surface area contributed by atoms with E-state index < -0.39 is 25.0 Å². The van der Waals surface area contributed by atoms with Crippen molar-refractivity contribution in [3.8, 4) is 5.75 Å². The molecule has 32 heavy (non-hydrogen) atoms. The highest BCUT2D eigenvalue weighted by Gasteiger charge is 2.12. The number of rotatable bonds is 10. The number of benzene rings is 1. The second-order valence-corrected chi connectivity index (χ2v) is 7.45. The minimum absolute atomic E-state index is 0.0802. The fourth-order valence-electron chi connectivity index (χ4n) is 2.62. The number of hydrogen-bond acceptors (Lipinski definition) is 9. The van der Waals surface area contributed by atoms with Crippen LogP contribution in [0.2, 0.25) is 0 Å². The van der Waals surface area contributed by atoms with Gasteiger partial charge in [0.15, 0.2) is 5.78 Å². The van der Waals surface area contributed by atoms with E-state index in [1.54, 1.807) is 31.2 Å². The molecule has 0 unspecified atom stereocenters. The number of pyridine rings is 1. The summed E-state index contributed by atoms with van der Waals surface area (Å²) >= 11 is 0.846. The Bertz CT molecular complexity index is 1050. The van der Waals surface area contributed by atoms with Crippen LogP contribution in [0.3, 0.4) is 0 Å². The van der Waals surface area contributed by atoms with Gasteiger partial charge in [-0.2, -0.15) is 0 Å². The van der Waals surface area contributed by atoms with Gasteiger partial charge in [-0.25, -0.2) is 4.98 Å². The molecule has 1 heterocycles. The van der Waals surface area contributed by atoms with Crippen LogP contribution in [0.4, 0.5) is 0 Å². The van der Waals surface area contributed by atoms with Crippen LogP contribution < -0.4 is 0 Å². The first-order valence-electron chi connectivity index (χ1n) is 9.57. The first-order valence-corrected chi connectivity index (χ1v) is 10.6. The summed E-state index contributed by atoms with van der Waals surface area (Å²) in [5.41, 5.74) is 1.49. The topological polar surface area (TPSA) is 134 Å². The molecule has 8 nitrogen and oxygen atoms in total. The van der Waals surface area contributed by atoms with E-state index in [0.29, 0.717) is 11.4 Å². The van der Waals surface area contributed by atoms with Gasteiger partial charge in [0.1, 0.15) is 12.4 Å². The maximum Gasteiger partial charge on any atom is 0.316 e. The Balaban J connectivity index is 2.00. The monoisotopic (exact) mass is 457 g/mol. The molecule has 3 N–H and O–H groups in total. The second kappa shape index (κ2) is 12.6. The maximum atomic E-state index is 12.4. The molecule has 0 radical (unpaired) electrons. The fraction of sp³-hybridized carbons (Fsp3) is 0.217. The van der Waals surface area contributed by atoms with Gasteiger partial charge in [-0.3, -0.25) is 14.4 Å². The van der Waals surface area contributed by atoms with Gasteiger partial charge in [0.2, 0.25) is 5.12 Å². The lowest BCUT2D eigenvalue weighted by atomic mass is 10.0. The van der Waals surface area contributed by atoms with Crippen molar-refractivity contribution in [2.24, 2.45) is 0 Å². The Labute approximate surface area is 189 Å². The highest BCUT2D eigenvalue weighted by atomic mass is 32.2. The Kier molecular flexibility index (Phi) is 9.80. The number of aromatic nitrogens is 1. The standard InChI is InChI=1S/C23H23NO7S/c1-2-4-23(30)32-14-22(29)31-13-18-6-3-5-17(24-18)7-8-20(27)15-9-16(11-25)19(12-26)21(28)10-15/h2-10,25-26,28H,11-14H2,1H3/b4-2+,8-7+. The number of ether oxygens (including phenoxy) is 1. The zero-order chi connectivity index (χ0) is 23.5. The molecule has 2 aromatic rings. The summed E-state index contributed by atoms with van der Waals surface area (Å²) in [6.45, 7) is 0.737. The first-order chi connectivity index (χ1) is 15.4. The van der Waals surface area contributed by atoms with E-state index in [1.165, 1.54) is 30.4 Å². The predicted molar refractivity (Wildman–Crippen MR) is 120 cm³/mol. The largest absolute Gasteiger partial charge is 0.508 e. The molecule has 0 aliphatic rings. The van der Waals surface area contributed by atoms with Gasteiger partial charge in [0.05, 0.1) is 30.4 Å². The van der Waals surface area contributed by atoms with Crippen molar-refractivity contribution >= 4 is 34.7 Å². The maximum absolute atomic E-state index is 12.4. The number of aromatic hydroxyl groups is 1. The minimum Gasteiger partial charge on any atom is -0.508 e. The minimum atomic E-state index is -0.545. The number of ketones is 1. The number of hydrogen-bond donors (Lipinski definition) is 3. The third-order valence-corrected chi connectivity index (χ3v) is 4.98. The number of carbonyl (C=O) groups excluding carboxylic acids is 3. The molecule has 0 atom stereocenters. The summed E-state index contributed by atoms with van der Waals surface area (Å²) in [7, 11) is 0. The molecule has 1 aromatic carbocycles. The molecule has 0 bridgehead atoms. The predicted octanol–water partition coefficient (Wildman–Crippen LogP) is 2.55. The second-order valence-electron chi connectivity index (χ2n) is 6.47. The average Bonchev–Trinajstić information content (AvgIpc) is 2.79. The van der Waals surface area contributed by atoms with E-state index >= 15 is 0 Å². The number of carbonyl (C=O) groups is 3. The molecule has 0 aliphatic heterocycles. The van der Waals surface area contributed by atoms with Crippen LogP contribution in [0.1, 0.15) is 39.8 Å². The summed E-state index contributed by atoms with van der Waals surface area (Å²) in [6.07, 6.45) is 5.68. The van der Waals surface area contributed by atoms with Crippen LogP contribution in [0, 0.1) is 0 Å². The van der Waals surface area contributed by atoms with Crippen molar-refractivity contribution in [2.45, 2.75) is 26.7 Å². The fourth-order valence-corrected chi connectivity index (χ4v) is 3.20. The van der Waals surface area contributed by atoms with Crippen molar-refractivity contribution in [2.75, 3.05) is 5.75 Å². The molecular weight excluding hydrogens is 434 g/mol. The molecule has 0 saturated carbocycles. The molecule has 168 valence electrons. The number of aliphatic hydroxyl groups excluding tert-OH is 2. The van der Waals surface area contributed by atoms with Gasteiger partial charge in [-0.15, -0.1) is 0 Å².